The summed E-state index contributed by atoms with van der Waals surface area (Å²) in [7, 11) is -3.65. The summed E-state index contributed by atoms with van der Waals surface area (Å²) in [5, 5.41) is 14.2. The fourth-order valence-electron chi connectivity index (χ4n) is 3.49. The highest BCUT2D eigenvalue weighted by Gasteiger charge is 2.28. The second-order valence-corrected chi connectivity index (χ2v) is 9.36. The zero-order chi connectivity index (χ0) is 20.6. The molecule has 1 aliphatic heterocycles. The van der Waals surface area contributed by atoms with Crippen molar-refractivity contribution in [3.8, 4) is 5.75 Å². The van der Waals surface area contributed by atoms with E-state index in [0.29, 0.717) is 18.1 Å². The Kier molecular flexibility index (Phi) is 5.24. The van der Waals surface area contributed by atoms with Crippen molar-refractivity contribution < 1.29 is 18.3 Å². The SMILES string of the molecule is O=C(Cn1ccc2ccc(Cl)cc21)Nc1cc(S(=O)(=O)N2CCCC2)ccc1O. The molecule has 1 saturated heterocycles. The van der Waals surface area contributed by atoms with Crippen molar-refractivity contribution in [2.45, 2.75) is 24.3 Å². The van der Waals surface area contributed by atoms with Crippen LogP contribution in [0.2, 0.25) is 5.02 Å². The Labute approximate surface area is 173 Å². The molecule has 2 aromatic carbocycles. The number of hydrogen-bond donors (Lipinski definition) is 2. The Morgan fingerprint density at radius 1 is 1.10 bits per heavy atom. The number of nitrogens with zero attached hydrogens (tertiary/aromatic N) is 2. The van der Waals surface area contributed by atoms with Crippen molar-refractivity contribution in [1.29, 1.82) is 0 Å². The molecular weight excluding hydrogens is 414 g/mol. The highest BCUT2D eigenvalue weighted by Crippen LogP contribution is 2.29. The molecule has 7 nitrogen and oxygen atoms in total. The minimum absolute atomic E-state index is 0.00755. The number of amides is 1. The number of nitrogens with one attached hydrogen (secondary N) is 1. The molecule has 0 unspecified atom stereocenters. The highest BCUT2D eigenvalue weighted by atomic mass is 35.5. The quantitative estimate of drug-likeness (QED) is 0.603. The molecule has 0 atom stereocenters. The molecule has 0 saturated carbocycles. The Morgan fingerprint density at radius 2 is 1.86 bits per heavy atom. The van der Waals surface area contributed by atoms with Crippen LogP contribution in [-0.4, -0.2) is 41.4 Å². The molecule has 1 amide bonds. The standard InChI is InChI=1S/C20H20ClN3O4S/c21-15-4-3-14-7-10-23(18(14)11-15)13-20(26)22-17-12-16(5-6-19(17)25)29(27,28)24-8-1-2-9-24/h3-7,10-12,25H,1-2,8-9,13H2,(H,22,26). The minimum Gasteiger partial charge on any atom is -0.506 e. The van der Waals surface area contributed by atoms with E-state index in [1.165, 1.54) is 22.5 Å². The maximum absolute atomic E-state index is 12.7. The summed E-state index contributed by atoms with van der Waals surface area (Å²) in [6, 6.07) is 11.2. The molecule has 3 aromatic rings. The van der Waals surface area contributed by atoms with Crippen LogP contribution < -0.4 is 5.32 Å². The van der Waals surface area contributed by atoms with Crippen molar-refractivity contribution in [1.82, 2.24) is 8.87 Å². The van der Waals surface area contributed by atoms with Crippen molar-refractivity contribution in [2.75, 3.05) is 18.4 Å². The number of benzene rings is 2. The lowest BCUT2D eigenvalue weighted by Crippen LogP contribution is -2.28. The van der Waals surface area contributed by atoms with Crippen LogP contribution >= 0.6 is 11.6 Å². The maximum Gasteiger partial charge on any atom is 0.244 e. The van der Waals surface area contributed by atoms with Crippen molar-refractivity contribution in [3.05, 3.63) is 53.7 Å². The molecule has 4 rings (SSSR count). The van der Waals surface area contributed by atoms with Crippen LogP contribution in [-0.2, 0) is 21.4 Å². The van der Waals surface area contributed by atoms with E-state index < -0.39 is 15.9 Å². The zero-order valence-corrected chi connectivity index (χ0v) is 17.1. The van der Waals surface area contributed by atoms with Gasteiger partial charge in [0.15, 0.2) is 0 Å². The van der Waals surface area contributed by atoms with Gasteiger partial charge >= 0.3 is 0 Å². The van der Waals surface area contributed by atoms with E-state index in [1.54, 1.807) is 22.9 Å². The van der Waals surface area contributed by atoms with Gasteiger partial charge in [0, 0.05) is 29.8 Å². The van der Waals surface area contributed by atoms with E-state index in [0.717, 1.165) is 23.7 Å². The normalized spacial score (nSPS) is 15.1. The molecule has 152 valence electrons. The first-order valence-corrected chi connectivity index (χ1v) is 11.0. The second kappa shape index (κ2) is 7.70. The molecule has 1 aromatic heterocycles. The fraction of sp³-hybridized carbons (Fsp3) is 0.250. The topological polar surface area (TPSA) is 91.6 Å². The molecule has 1 aliphatic rings. The number of hydrogen-bond acceptors (Lipinski definition) is 4. The average molecular weight is 434 g/mol. The smallest absolute Gasteiger partial charge is 0.244 e. The van der Waals surface area contributed by atoms with Gasteiger partial charge in [0.1, 0.15) is 12.3 Å². The number of aromatic hydroxyl groups is 1. The van der Waals surface area contributed by atoms with Gasteiger partial charge in [0.2, 0.25) is 15.9 Å². The summed E-state index contributed by atoms with van der Waals surface area (Å²) in [5.41, 5.74) is 0.868. The second-order valence-electron chi connectivity index (χ2n) is 6.99. The largest absolute Gasteiger partial charge is 0.506 e. The van der Waals surface area contributed by atoms with Gasteiger partial charge in [-0.3, -0.25) is 4.79 Å². The number of anilines is 1. The first-order chi connectivity index (χ1) is 13.8. The first-order valence-electron chi connectivity index (χ1n) is 9.22. The molecule has 0 spiro atoms. The first kappa shape index (κ1) is 19.8. The molecule has 1 fully saturated rings. The van der Waals surface area contributed by atoms with Gasteiger partial charge in [0.25, 0.3) is 0 Å². The van der Waals surface area contributed by atoms with E-state index in [2.05, 4.69) is 5.32 Å². The molecule has 0 bridgehead atoms. The van der Waals surface area contributed by atoms with E-state index in [9.17, 15) is 18.3 Å². The van der Waals surface area contributed by atoms with Gasteiger partial charge in [-0.15, -0.1) is 0 Å². The Bertz CT molecular complexity index is 1180. The van der Waals surface area contributed by atoms with Gasteiger partial charge < -0.3 is 15.0 Å². The van der Waals surface area contributed by atoms with Gasteiger partial charge in [-0.25, -0.2) is 8.42 Å². The third-order valence-corrected chi connectivity index (χ3v) is 7.12. The lowest BCUT2D eigenvalue weighted by atomic mass is 10.2. The van der Waals surface area contributed by atoms with E-state index in [4.69, 9.17) is 11.6 Å². The van der Waals surface area contributed by atoms with Crippen LogP contribution in [0.1, 0.15) is 12.8 Å². The molecule has 2 heterocycles. The molecule has 0 aliphatic carbocycles. The number of sulfonamides is 1. The summed E-state index contributed by atoms with van der Waals surface area (Å²) in [6.45, 7) is 0.953. The average Bonchev–Trinajstić information content (AvgIpc) is 3.34. The van der Waals surface area contributed by atoms with Gasteiger partial charge in [-0.05, 0) is 54.6 Å². The molecule has 9 heteroatoms. The Balaban J connectivity index is 1.55. The fourth-order valence-corrected chi connectivity index (χ4v) is 5.20. The summed E-state index contributed by atoms with van der Waals surface area (Å²) in [6.07, 6.45) is 3.43. The van der Waals surface area contributed by atoms with Crippen LogP contribution in [0.4, 0.5) is 5.69 Å². The van der Waals surface area contributed by atoms with E-state index in [1.807, 2.05) is 12.1 Å². The van der Waals surface area contributed by atoms with Crippen molar-refractivity contribution in [3.63, 3.8) is 0 Å². The maximum atomic E-state index is 12.7. The van der Waals surface area contributed by atoms with Gasteiger partial charge in [-0.2, -0.15) is 4.31 Å². The lowest BCUT2D eigenvalue weighted by Gasteiger charge is -2.17. The molecule has 29 heavy (non-hydrogen) atoms. The third kappa shape index (κ3) is 3.96. The van der Waals surface area contributed by atoms with E-state index in [-0.39, 0.29) is 22.9 Å². The number of carbonyl (C=O) groups is 1. The molecule has 0 radical (unpaired) electrons. The van der Waals surface area contributed by atoms with Crippen LogP contribution in [0.25, 0.3) is 10.9 Å². The lowest BCUT2D eigenvalue weighted by molar-refractivity contribution is -0.116. The number of aromatic nitrogens is 1. The van der Waals surface area contributed by atoms with Crippen LogP contribution in [0.5, 0.6) is 5.75 Å². The zero-order valence-electron chi connectivity index (χ0n) is 15.5. The summed E-state index contributed by atoms with van der Waals surface area (Å²) >= 11 is 6.04. The van der Waals surface area contributed by atoms with Crippen LogP contribution in [0.3, 0.4) is 0 Å². The number of rotatable bonds is 5. The number of carbonyl (C=O) groups excluding carboxylic acids is 1. The van der Waals surface area contributed by atoms with Crippen LogP contribution in [0, 0.1) is 0 Å². The predicted octanol–water partition coefficient (Wildman–Crippen LogP) is 3.42. The number of phenolic OH excluding ortho intramolecular Hbond substituents is 1. The van der Waals surface area contributed by atoms with Gasteiger partial charge in [-0.1, -0.05) is 17.7 Å². The Hall–Kier alpha value is -2.55. The predicted molar refractivity (Wildman–Crippen MR) is 112 cm³/mol. The summed E-state index contributed by atoms with van der Waals surface area (Å²) in [5.74, 6) is -0.590. The number of fused-ring (bicyclic) bond motifs is 1. The van der Waals surface area contributed by atoms with Gasteiger partial charge in [0.05, 0.1) is 10.6 Å². The third-order valence-electron chi connectivity index (χ3n) is 4.99. The Morgan fingerprint density at radius 3 is 2.62 bits per heavy atom. The summed E-state index contributed by atoms with van der Waals surface area (Å²) in [4.78, 5) is 12.6. The van der Waals surface area contributed by atoms with Crippen molar-refractivity contribution in [2.24, 2.45) is 0 Å². The molecule has 2 N–H and O–H groups in total. The monoisotopic (exact) mass is 433 g/mol. The highest BCUT2D eigenvalue weighted by molar-refractivity contribution is 7.89. The molecular formula is C20H20ClN3O4S. The van der Waals surface area contributed by atoms with E-state index >= 15 is 0 Å². The minimum atomic E-state index is -3.65. The van der Waals surface area contributed by atoms with Crippen LogP contribution in [0.15, 0.2) is 53.6 Å². The summed E-state index contributed by atoms with van der Waals surface area (Å²) < 4.78 is 28.6. The number of halogens is 1. The number of phenols is 1. The van der Waals surface area contributed by atoms with Crippen molar-refractivity contribution >= 4 is 44.1 Å².